The highest BCUT2D eigenvalue weighted by atomic mass is 31.2. The van der Waals surface area contributed by atoms with Crippen LogP contribution < -0.4 is 10.6 Å². The summed E-state index contributed by atoms with van der Waals surface area (Å²) in [4.78, 5) is 45.2. The van der Waals surface area contributed by atoms with E-state index in [9.17, 15) is 23.9 Å². The molecule has 3 aromatic carbocycles. The number of ether oxygens (including phenoxy) is 1. The third-order valence-electron chi connectivity index (χ3n) is 6.68. The van der Waals surface area contributed by atoms with Gasteiger partial charge < -0.3 is 25.2 Å². The van der Waals surface area contributed by atoms with Gasteiger partial charge in [0.25, 0.3) is 0 Å². The van der Waals surface area contributed by atoms with Crippen molar-refractivity contribution >= 4 is 25.3 Å². The summed E-state index contributed by atoms with van der Waals surface area (Å²) in [5.41, 5.74) is 5.21. The van der Waals surface area contributed by atoms with Gasteiger partial charge in [-0.1, -0.05) is 61.4 Å². The Kier molecular flexibility index (Phi) is 10.1. The molecule has 0 radical (unpaired) electrons. The maximum atomic E-state index is 13.2. The van der Waals surface area contributed by atoms with Crippen LogP contribution in [0.1, 0.15) is 29.5 Å². The largest absolute Gasteiger partial charge is 0.449 e. The van der Waals surface area contributed by atoms with E-state index >= 15 is 0 Å². The summed E-state index contributed by atoms with van der Waals surface area (Å²) in [5.74, 6) is 15.7. The van der Waals surface area contributed by atoms with E-state index in [1.807, 2.05) is 48.5 Å². The number of hydrogen-bond acceptors (Lipinski definition) is 4. The Morgan fingerprint density at radius 3 is 2.09 bits per heavy atom. The number of carbonyl (C=O) groups is 2. The third-order valence-corrected chi connectivity index (χ3v) is 7.73. The minimum absolute atomic E-state index is 0.0183. The van der Waals surface area contributed by atoms with Crippen LogP contribution in [0.3, 0.4) is 0 Å². The maximum Gasteiger partial charge on any atom is 0.407 e. The average Bonchev–Trinajstić information content (AvgIpc) is 3.30. The zero-order valence-corrected chi connectivity index (χ0v) is 24.0. The number of amides is 2. The predicted octanol–water partition coefficient (Wildman–Crippen LogP) is 4.34. The molecule has 2 atom stereocenters. The van der Waals surface area contributed by atoms with Crippen LogP contribution in [-0.4, -0.2) is 40.6 Å². The molecule has 43 heavy (non-hydrogen) atoms. The second-order valence-electron chi connectivity index (χ2n) is 9.73. The van der Waals surface area contributed by atoms with Crippen LogP contribution in [0.5, 0.6) is 0 Å². The van der Waals surface area contributed by atoms with Gasteiger partial charge in [0, 0.05) is 17.2 Å². The number of nitrogens with one attached hydrogen (secondary N) is 2. The summed E-state index contributed by atoms with van der Waals surface area (Å²) in [6.45, 7) is 1.49. The highest BCUT2D eigenvalue weighted by molar-refractivity contribution is 7.51. The molecular formula is C34H27N2O6P. The van der Waals surface area contributed by atoms with E-state index in [1.165, 1.54) is 6.92 Å². The van der Waals surface area contributed by atoms with Crippen molar-refractivity contribution in [2.75, 3.05) is 18.1 Å². The number of alkyl carbamates (subject to hydrolysis) is 1. The van der Waals surface area contributed by atoms with Crippen molar-refractivity contribution in [2.45, 2.75) is 18.9 Å². The van der Waals surface area contributed by atoms with E-state index in [4.69, 9.17) is 11.2 Å². The Morgan fingerprint density at radius 1 is 0.907 bits per heavy atom. The third kappa shape index (κ3) is 8.40. The molecule has 1 aliphatic rings. The first-order valence-corrected chi connectivity index (χ1v) is 15.0. The van der Waals surface area contributed by atoms with E-state index in [2.05, 4.69) is 52.1 Å². The summed E-state index contributed by atoms with van der Waals surface area (Å²) < 4.78 is 17.3. The molecule has 9 heteroatoms. The zero-order chi connectivity index (χ0) is 30.8. The van der Waals surface area contributed by atoms with E-state index in [-0.39, 0.29) is 12.5 Å². The van der Waals surface area contributed by atoms with E-state index < -0.39 is 37.7 Å². The summed E-state index contributed by atoms with van der Waals surface area (Å²) >= 11 is 0. The van der Waals surface area contributed by atoms with Crippen LogP contribution in [-0.2, 0) is 14.1 Å². The molecule has 0 saturated carbocycles. The van der Waals surface area contributed by atoms with Crippen molar-refractivity contribution in [1.29, 1.82) is 0 Å². The maximum absolute atomic E-state index is 13.2. The number of fused-ring (bicyclic) bond motifs is 3. The lowest BCUT2D eigenvalue weighted by Crippen LogP contribution is -2.49. The summed E-state index contributed by atoms with van der Waals surface area (Å²) in [5, 5.41) is 5.19. The monoisotopic (exact) mass is 590 g/mol. The molecule has 0 bridgehead atoms. The standard InChI is InChI=1S/C34H27N2O6P/c1-3-4-5-6-7-8-13-25-18-20-26(21-19-25)35-33(37)32(24(2)23-43(39,40)41)36-34(38)42-22-31-29-16-11-9-14-27(29)28-15-10-12-17-30(28)31/h1,9-12,14-21,24,31-32H,22-23H2,2H3,(H,35,37)(H,36,38)(H2,39,40,41)/t24?,32-/m1/s1. The molecule has 1 aliphatic carbocycles. The molecule has 214 valence electrons. The second-order valence-corrected chi connectivity index (χ2v) is 11.4. The minimum atomic E-state index is -4.49. The van der Waals surface area contributed by atoms with Crippen LogP contribution >= 0.6 is 7.60 Å². The van der Waals surface area contributed by atoms with Crippen molar-refractivity contribution in [1.82, 2.24) is 5.32 Å². The Balaban J connectivity index is 1.44. The average molecular weight is 591 g/mol. The lowest BCUT2D eigenvalue weighted by Gasteiger charge is -2.25. The van der Waals surface area contributed by atoms with Gasteiger partial charge in [-0.25, -0.2) is 4.79 Å². The molecule has 0 saturated heterocycles. The van der Waals surface area contributed by atoms with Crippen LogP contribution in [0.2, 0.25) is 0 Å². The van der Waals surface area contributed by atoms with Crippen LogP contribution in [0.4, 0.5) is 10.5 Å². The number of rotatable bonds is 8. The van der Waals surface area contributed by atoms with Crippen molar-refractivity contribution in [3.63, 3.8) is 0 Å². The van der Waals surface area contributed by atoms with Gasteiger partial charge in [0.05, 0.1) is 6.16 Å². The molecule has 2 amide bonds. The second kappa shape index (κ2) is 14.1. The number of hydrogen-bond donors (Lipinski definition) is 4. The van der Waals surface area contributed by atoms with Gasteiger partial charge in [-0.05, 0) is 88.0 Å². The van der Waals surface area contributed by atoms with Gasteiger partial charge in [0.2, 0.25) is 5.91 Å². The van der Waals surface area contributed by atoms with Crippen LogP contribution in [0.25, 0.3) is 11.1 Å². The molecule has 1 unspecified atom stereocenters. The van der Waals surface area contributed by atoms with Crippen molar-refractivity contribution < 1.29 is 28.7 Å². The Morgan fingerprint density at radius 2 is 1.49 bits per heavy atom. The molecule has 3 aromatic rings. The number of anilines is 1. The first-order valence-electron chi connectivity index (χ1n) is 13.2. The fraction of sp³-hybridized carbons (Fsp3) is 0.176. The number of carbonyl (C=O) groups excluding carboxylic acids is 2. The minimum Gasteiger partial charge on any atom is -0.449 e. The van der Waals surface area contributed by atoms with E-state index in [0.29, 0.717) is 11.3 Å². The number of benzene rings is 3. The summed E-state index contributed by atoms with van der Waals surface area (Å²) in [6, 6.07) is 21.0. The Bertz CT molecular complexity index is 1760. The van der Waals surface area contributed by atoms with Gasteiger partial charge in [-0.3, -0.25) is 9.36 Å². The van der Waals surface area contributed by atoms with Crippen molar-refractivity contribution in [2.24, 2.45) is 5.92 Å². The van der Waals surface area contributed by atoms with Crippen LogP contribution in [0.15, 0.2) is 72.8 Å². The van der Waals surface area contributed by atoms with Gasteiger partial charge in [-0.15, -0.1) is 6.42 Å². The fourth-order valence-corrected chi connectivity index (χ4v) is 5.77. The van der Waals surface area contributed by atoms with Gasteiger partial charge in [-0.2, -0.15) is 0 Å². The highest BCUT2D eigenvalue weighted by Gasteiger charge is 2.33. The van der Waals surface area contributed by atoms with Crippen molar-refractivity contribution in [3.05, 3.63) is 89.5 Å². The molecular weight excluding hydrogens is 563 g/mol. The first-order chi connectivity index (χ1) is 20.7. The van der Waals surface area contributed by atoms with Gasteiger partial charge in [0.1, 0.15) is 12.6 Å². The van der Waals surface area contributed by atoms with E-state index in [1.54, 1.807) is 24.3 Å². The van der Waals surface area contributed by atoms with Gasteiger partial charge >= 0.3 is 13.7 Å². The lowest BCUT2D eigenvalue weighted by molar-refractivity contribution is -0.119. The molecule has 4 rings (SSSR count). The van der Waals surface area contributed by atoms with Gasteiger partial charge in [0.15, 0.2) is 0 Å². The normalized spacial score (nSPS) is 12.6. The fourth-order valence-electron chi connectivity index (χ4n) is 4.80. The smallest absolute Gasteiger partial charge is 0.407 e. The van der Waals surface area contributed by atoms with Crippen molar-refractivity contribution in [3.8, 4) is 59.0 Å². The molecule has 4 N–H and O–H groups in total. The lowest BCUT2D eigenvalue weighted by atomic mass is 9.98. The zero-order valence-electron chi connectivity index (χ0n) is 23.1. The summed E-state index contributed by atoms with van der Waals surface area (Å²) in [6.07, 6.45) is 3.52. The number of terminal acetylenes is 1. The molecule has 0 fully saturated rings. The molecule has 0 spiro atoms. The summed E-state index contributed by atoms with van der Waals surface area (Å²) in [7, 11) is -4.49. The Hall–Kier alpha value is -5.21. The molecule has 0 heterocycles. The quantitative estimate of drug-likeness (QED) is 0.229. The molecule has 0 aromatic heterocycles. The van der Waals surface area contributed by atoms with E-state index in [0.717, 1.165) is 22.3 Å². The molecule has 0 aliphatic heterocycles. The molecule has 8 nitrogen and oxygen atoms in total. The van der Waals surface area contributed by atoms with Crippen LogP contribution in [0, 0.1) is 53.8 Å². The highest BCUT2D eigenvalue weighted by Crippen LogP contribution is 2.44. The SMILES string of the molecule is C#CC#CC#CC#Cc1ccc(NC(=O)[C@H](NC(=O)OCC2c3ccccc3-c3ccccc32)C(C)CP(=O)(O)O)cc1. The Labute approximate surface area is 250 Å². The first kappa shape index (κ1) is 30.7. The topological polar surface area (TPSA) is 125 Å². The predicted molar refractivity (Wildman–Crippen MR) is 164 cm³/mol.